The number of rotatable bonds is 5. The van der Waals surface area contributed by atoms with Gasteiger partial charge in [0.1, 0.15) is 6.10 Å². The van der Waals surface area contributed by atoms with Crippen molar-refractivity contribution >= 4 is 0 Å². The van der Waals surface area contributed by atoms with Gasteiger partial charge in [-0.2, -0.15) is 0 Å². The zero-order valence-electron chi connectivity index (χ0n) is 10.4. The van der Waals surface area contributed by atoms with Gasteiger partial charge >= 0.3 is 0 Å². The van der Waals surface area contributed by atoms with Crippen LogP contribution in [-0.2, 0) is 9.47 Å². The molecule has 1 aliphatic heterocycles. The predicted octanol–water partition coefficient (Wildman–Crippen LogP) is 1.30. The predicted molar refractivity (Wildman–Crippen MR) is 61.0 cm³/mol. The van der Waals surface area contributed by atoms with Gasteiger partial charge in [-0.1, -0.05) is 27.2 Å². The lowest BCUT2D eigenvalue weighted by Gasteiger charge is -2.41. The molecule has 0 spiro atoms. The summed E-state index contributed by atoms with van der Waals surface area (Å²) in [4.78, 5) is 0. The Labute approximate surface area is 97.6 Å². The van der Waals surface area contributed by atoms with E-state index in [0.717, 1.165) is 19.3 Å². The Hall–Kier alpha value is -0.160. The van der Waals surface area contributed by atoms with Crippen molar-refractivity contribution in [3.63, 3.8) is 0 Å². The topological polar surface area (TPSA) is 58.9 Å². The van der Waals surface area contributed by atoms with E-state index in [1.54, 1.807) is 0 Å². The maximum Gasteiger partial charge on any atom is 0.184 e. The van der Waals surface area contributed by atoms with E-state index in [4.69, 9.17) is 9.47 Å². The Morgan fingerprint density at radius 2 is 1.94 bits per heavy atom. The molecule has 0 unspecified atom stereocenters. The van der Waals surface area contributed by atoms with E-state index in [2.05, 4.69) is 6.92 Å². The van der Waals surface area contributed by atoms with Crippen LogP contribution in [0.4, 0.5) is 0 Å². The first kappa shape index (κ1) is 13.9. The van der Waals surface area contributed by atoms with Crippen molar-refractivity contribution in [2.75, 3.05) is 6.61 Å². The Bertz CT molecular complexity index is 197. The van der Waals surface area contributed by atoms with E-state index in [1.165, 1.54) is 0 Å². The van der Waals surface area contributed by atoms with Gasteiger partial charge in [0.15, 0.2) is 6.29 Å². The molecule has 5 atom stereocenters. The molecule has 4 nitrogen and oxygen atoms in total. The highest BCUT2D eigenvalue weighted by Crippen LogP contribution is 2.28. The summed E-state index contributed by atoms with van der Waals surface area (Å²) in [6.45, 7) is 6.55. The van der Waals surface area contributed by atoms with Crippen LogP contribution in [0.15, 0.2) is 0 Å². The van der Waals surface area contributed by atoms with Crippen molar-refractivity contribution in [1.82, 2.24) is 0 Å². The van der Waals surface area contributed by atoms with Gasteiger partial charge in [0.25, 0.3) is 0 Å². The molecular weight excluding hydrogens is 208 g/mol. The molecule has 0 radical (unpaired) electrons. The van der Waals surface area contributed by atoms with Crippen LogP contribution in [0.1, 0.15) is 40.0 Å². The molecule has 0 bridgehead atoms. The van der Waals surface area contributed by atoms with Crippen LogP contribution in [0.3, 0.4) is 0 Å². The van der Waals surface area contributed by atoms with Crippen molar-refractivity contribution in [2.24, 2.45) is 5.92 Å². The Morgan fingerprint density at radius 3 is 2.50 bits per heavy atom. The molecule has 2 N–H and O–H groups in total. The zero-order valence-corrected chi connectivity index (χ0v) is 10.4. The molecule has 0 amide bonds. The van der Waals surface area contributed by atoms with Gasteiger partial charge in [0, 0.05) is 12.5 Å². The lowest BCUT2D eigenvalue weighted by Crippen LogP contribution is -2.54. The second kappa shape index (κ2) is 6.55. The molecule has 0 aromatic heterocycles. The van der Waals surface area contributed by atoms with Gasteiger partial charge in [0.2, 0.25) is 0 Å². The number of unbranched alkanes of at least 4 members (excludes halogenated alkanes) is 1. The highest BCUT2D eigenvalue weighted by atomic mass is 16.6. The van der Waals surface area contributed by atoms with Crippen molar-refractivity contribution in [1.29, 1.82) is 0 Å². The summed E-state index contributed by atoms with van der Waals surface area (Å²) in [7, 11) is 0. The minimum atomic E-state index is -1.01. The van der Waals surface area contributed by atoms with E-state index in [0.29, 0.717) is 6.61 Å². The van der Waals surface area contributed by atoms with Crippen molar-refractivity contribution in [3.8, 4) is 0 Å². The smallest absolute Gasteiger partial charge is 0.184 e. The molecule has 0 aromatic carbocycles. The fourth-order valence-corrected chi connectivity index (χ4v) is 2.08. The average Bonchev–Trinajstić information content (AvgIpc) is 2.28. The third-order valence-corrected chi connectivity index (χ3v) is 3.27. The summed E-state index contributed by atoms with van der Waals surface area (Å²) in [5.74, 6) is 0.0000246. The average molecular weight is 232 g/mol. The fourth-order valence-electron chi connectivity index (χ4n) is 2.08. The molecule has 16 heavy (non-hydrogen) atoms. The van der Waals surface area contributed by atoms with Gasteiger partial charge in [-0.3, -0.25) is 0 Å². The summed E-state index contributed by atoms with van der Waals surface area (Å²) < 4.78 is 10.9. The van der Waals surface area contributed by atoms with Crippen LogP contribution in [-0.4, -0.2) is 41.4 Å². The van der Waals surface area contributed by atoms with Crippen LogP contribution in [0.5, 0.6) is 0 Å². The SMILES string of the molecule is CCCCO[C@H]1[C@@H](O)[C@@H](C)[C@@H](CC)O[C@H]1O. The van der Waals surface area contributed by atoms with Crippen molar-refractivity contribution in [3.05, 3.63) is 0 Å². The summed E-state index contributed by atoms with van der Waals surface area (Å²) in [5, 5.41) is 19.8. The van der Waals surface area contributed by atoms with Gasteiger partial charge in [-0.05, 0) is 12.8 Å². The molecule has 1 fully saturated rings. The summed E-state index contributed by atoms with van der Waals surface area (Å²) in [5.41, 5.74) is 0. The number of hydrogen-bond donors (Lipinski definition) is 2. The van der Waals surface area contributed by atoms with Crippen molar-refractivity contribution < 1.29 is 19.7 Å². The Balaban J connectivity index is 2.50. The molecule has 0 aromatic rings. The molecule has 1 saturated heterocycles. The minimum Gasteiger partial charge on any atom is -0.390 e. The van der Waals surface area contributed by atoms with Crippen LogP contribution >= 0.6 is 0 Å². The van der Waals surface area contributed by atoms with Crippen molar-refractivity contribution in [2.45, 2.75) is 64.6 Å². The van der Waals surface area contributed by atoms with E-state index in [-0.39, 0.29) is 12.0 Å². The first-order valence-electron chi connectivity index (χ1n) is 6.25. The van der Waals surface area contributed by atoms with Gasteiger partial charge in [-0.25, -0.2) is 0 Å². The van der Waals surface area contributed by atoms with E-state index < -0.39 is 18.5 Å². The normalized spacial score (nSPS) is 39.9. The molecular formula is C12H24O4. The Morgan fingerprint density at radius 1 is 1.25 bits per heavy atom. The third kappa shape index (κ3) is 3.17. The fraction of sp³-hybridized carbons (Fsp3) is 1.00. The highest BCUT2D eigenvalue weighted by molar-refractivity contribution is 4.86. The van der Waals surface area contributed by atoms with E-state index in [1.807, 2.05) is 13.8 Å². The first-order valence-corrected chi connectivity index (χ1v) is 6.25. The van der Waals surface area contributed by atoms with Crippen LogP contribution in [0.25, 0.3) is 0 Å². The molecule has 1 rings (SSSR count). The standard InChI is InChI=1S/C12H24O4/c1-4-6-7-15-11-10(13)8(3)9(5-2)16-12(11)14/h8-14H,4-7H2,1-3H3/t8-,9+,10-,11-,12+/m0/s1. The van der Waals surface area contributed by atoms with Crippen LogP contribution in [0.2, 0.25) is 0 Å². The molecule has 4 heteroatoms. The lowest BCUT2D eigenvalue weighted by molar-refractivity contribution is -0.277. The monoisotopic (exact) mass is 232 g/mol. The third-order valence-electron chi connectivity index (χ3n) is 3.27. The van der Waals surface area contributed by atoms with Crippen LogP contribution < -0.4 is 0 Å². The molecule has 96 valence electrons. The second-order valence-corrected chi connectivity index (χ2v) is 4.51. The van der Waals surface area contributed by atoms with Gasteiger partial charge in [-0.15, -0.1) is 0 Å². The van der Waals surface area contributed by atoms with Gasteiger partial charge in [0.05, 0.1) is 12.2 Å². The first-order chi connectivity index (χ1) is 7.61. The highest BCUT2D eigenvalue weighted by Gasteiger charge is 2.42. The van der Waals surface area contributed by atoms with Gasteiger partial charge < -0.3 is 19.7 Å². The number of aliphatic hydroxyl groups excluding tert-OH is 2. The maximum absolute atomic E-state index is 10.0. The minimum absolute atomic E-state index is 0.0000246. The maximum atomic E-state index is 10.0. The molecule has 0 saturated carbocycles. The second-order valence-electron chi connectivity index (χ2n) is 4.51. The van der Waals surface area contributed by atoms with Crippen LogP contribution in [0, 0.1) is 5.92 Å². The lowest BCUT2D eigenvalue weighted by atomic mass is 9.89. The summed E-state index contributed by atoms with van der Waals surface area (Å²) in [6, 6.07) is 0. The summed E-state index contributed by atoms with van der Waals surface area (Å²) >= 11 is 0. The molecule has 1 heterocycles. The zero-order chi connectivity index (χ0) is 12.1. The Kier molecular flexibility index (Phi) is 5.69. The number of aliphatic hydroxyl groups is 2. The van der Waals surface area contributed by atoms with E-state index >= 15 is 0 Å². The largest absolute Gasteiger partial charge is 0.390 e. The number of ether oxygens (including phenoxy) is 2. The molecule has 1 aliphatic rings. The summed E-state index contributed by atoms with van der Waals surface area (Å²) in [6.07, 6.45) is 0.407. The quantitative estimate of drug-likeness (QED) is 0.701. The molecule has 0 aliphatic carbocycles. The van der Waals surface area contributed by atoms with E-state index in [9.17, 15) is 10.2 Å². The number of hydrogen-bond acceptors (Lipinski definition) is 4.